The number of nitrogens with zero attached hydrogens (tertiary/aromatic N) is 1. The third-order valence-corrected chi connectivity index (χ3v) is 3.13. The van der Waals surface area contributed by atoms with Gasteiger partial charge < -0.3 is 16.2 Å². The second-order valence-corrected chi connectivity index (χ2v) is 5.86. The van der Waals surface area contributed by atoms with Crippen LogP contribution in [0.2, 0.25) is 0 Å². The number of para-hydroxylation sites is 1. The molecule has 2 rings (SSSR count). The van der Waals surface area contributed by atoms with Crippen LogP contribution in [-0.4, -0.2) is 16.1 Å². The summed E-state index contributed by atoms with van der Waals surface area (Å²) in [6.45, 7) is 6.33. The lowest BCUT2D eigenvalue weighted by molar-refractivity contribution is 0.0690. The van der Waals surface area contributed by atoms with E-state index < -0.39 is 5.97 Å². The Kier molecular flexibility index (Phi) is 3.84. The Morgan fingerprint density at radius 3 is 2.48 bits per heavy atom. The molecule has 0 saturated carbocycles. The van der Waals surface area contributed by atoms with Gasteiger partial charge in [-0.2, -0.15) is 0 Å². The molecule has 1 aromatic heterocycles. The topological polar surface area (TPSA) is 88.2 Å². The molecule has 4 N–H and O–H groups in total. The Balaban J connectivity index is 2.44. The van der Waals surface area contributed by atoms with Crippen molar-refractivity contribution in [2.24, 2.45) is 0 Å². The van der Waals surface area contributed by atoms with E-state index in [2.05, 4.69) is 31.1 Å². The number of nitrogen functional groups attached to an aromatic ring is 1. The van der Waals surface area contributed by atoms with Gasteiger partial charge >= 0.3 is 5.97 Å². The first-order chi connectivity index (χ1) is 9.79. The highest BCUT2D eigenvalue weighted by Crippen LogP contribution is 2.32. The molecule has 0 aliphatic heterocycles. The molecule has 21 heavy (non-hydrogen) atoms. The first kappa shape index (κ1) is 14.8. The number of rotatable bonds is 3. The molecule has 0 spiro atoms. The monoisotopic (exact) mass is 285 g/mol. The van der Waals surface area contributed by atoms with E-state index >= 15 is 0 Å². The summed E-state index contributed by atoms with van der Waals surface area (Å²) >= 11 is 0. The van der Waals surface area contributed by atoms with Crippen LogP contribution < -0.4 is 11.1 Å². The summed E-state index contributed by atoms with van der Waals surface area (Å²) in [5.74, 6) is -0.728. The second kappa shape index (κ2) is 5.44. The summed E-state index contributed by atoms with van der Waals surface area (Å²) in [7, 11) is 0. The van der Waals surface area contributed by atoms with Gasteiger partial charge in [-0.1, -0.05) is 39.0 Å². The predicted molar refractivity (Wildman–Crippen MR) is 84.0 cm³/mol. The van der Waals surface area contributed by atoms with E-state index in [9.17, 15) is 4.79 Å². The molecule has 2 aromatic rings. The van der Waals surface area contributed by atoms with E-state index in [1.165, 1.54) is 6.07 Å². The summed E-state index contributed by atoms with van der Waals surface area (Å²) in [6, 6.07) is 10.8. The Hall–Kier alpha value is -2.56. The van der Waals surface area contributed by atoms with Crippen LogP contribution in [0.15, 0.2) is 36.4 Å². The number of hydrogen-bond donors (Lipinski definition) is 3. The third-order valence-electron chi connectivity index (χ3n) is 3.13. The first-order valence-corrected chi connectivity index (χ1v) is 6.65. The predicted octanol–water partition coefficient (Wildman–Crippen LogP) is 3.40. The van der Waals surface area contributed by atoms with Crippen molar-refractivity contribution in [3.63, 3.8) is 0 Å². The van der Waals surface area contributed by atoms with Crippen LogP contribution in [-0.2, 0) is 5.41 Å². The lowest BCUT2D eigenvalue weighted by Gasteiger charge is -2.23. The van der Waals surface area contributed by atoms with Gasteiger partial charge in [-0.05, 0) is 29.2 Å². The Morgan fingerprint density at radius 1 is 1.19 bits per heavy atom. The average molecular weight is 285 g/mol. The van der Waals surface area contributed by atoms with Gasteiger partial charge in [-0.15, -0.1) is 0 Å². The molecule has 0 amide bonds. The number of carboxylic acid groups (broad SMARTS) is 1. The van der Waals surface area contributed by atoms with Crippen molar-refractivity contribution in [3.8, 4) is 0 Å². The number of aromatic carboxylic acids is 1. The van der Waals surface area contributed by atoms with Gasteiger partial charge in [0, 0.05) is 5.69 Å². The van der Waals surface area contributed by atoms with Crippen molar-refractivity contribution in [1.82, 2.24) is 4.98 Å². The lowest BCUT2D eigenvalue weighted by atomic mass is 9.86. The van der Waals surface area contributed by atoms with Crippen molar-refractivity contribution >= 4 is 23.2 Å². The zero-order valence-electron chi connectivity index (χ0n) is 12.3. The standard InChI is InChI=1S/C16H19N3O2/c1-16(2,3)10-6-4-5-7-12(10)18-14-11(17)8-9-13(19-14)15(20)21/h4-9H,17H2,1-3H3,(H,18,19)(H,20,21). The normalized spacial score (nSPS) is 11.2. The number of benzene rings is 1. The molecule has 0 bridgehead atoms. The van der Waals surface area contributed by atoms with Gasteiger partial charge in [0.1, 0.15) is 0 Å². The highest BCUT2D eigenvalue weighted by molar-refractivity contribution is 5.87. The van der Waals surface area contributed by atoms with Crippen LogP contribution in [0.25, 0.3) is 0 Å². The highest BCUT2D eigenvalue weighted by atomic mass is 16.4. The number of carbonyl (C=O) groups is 1. The molecule has 0 fully saturated rings. The largest absolute Gasteiger partial charge is 0.477 e. The summed E-state index contributed by atoms with van der Waals surface area (Å²) < 4.78 is 0. The minimum atomic E-state index is -1.08. The van der Waals surface area contributed by atoms with Gasteiger partial charge in [0.05, 0.1) is 5.69 Å². The van der Waals surface area contributed by atoms with E-state index in [1.807, 2.05) is 24.3 Å². The van der Waals surface area contributed by atoms with Crippen molar-refractivity contribution in [1.29, 1.82) is 0 Å². The summed E-state index contributed by atoms with van der Waals surface area (Å²) in [5.41, 5.74) is 8.16. The number of anilines is 3. The van der Waals surface area contributed by atoms with Crippen molar-refractivity contribution in [2.75, 3.05) is 11.1 Å². The minimum Gasteiger partial charge on any atom is -0.477 e. The summed E-state index contributed by atoms with van der Waals surface area (Å²) in [4.78, 5) is 15.1. The third kappa shape index (κ3) is 3.31. The maximum atomic E-state index is 11.0. The molecule has 0 radical (unpaired) electrons. The highest BCUT2D eigenvalue weighted by Gasteiger charge is 2.18. The number of nitrogens with one attached hydrogen (secondary N) is 1. The molecular formula is C16H19N3O2. The van der Waals surface area contributed by atoms with Gasteiger partial charge in [-0.3, -0.25) is 0 Å². The molecular weight excluding hydrogens is 266 g/mol. The van der Waals surface area contributed by atoms with E-state index in [0.717, 1.165) is 11.3 Å². The molecule has 0 aliphatic carbocycles. The quantitative estimate of drug-likeness (QED) is 0.804. The van der Waals surface area contributed by atoms with Crippen molar-refractivity contribution in [2.45, 2.75) is 26.2 Å². The summed E-state index contributed by atoms with van der Waals surface area (Å²) in [6.07, 6.45) is 0. The Morgan fingerprint density at radius 2 is 1.86 bits per heavy atom. The fourth-order valence-corrected chi connectivity index (χ4v) is 2.06. The molecule has 1 heterocycles. The minimum absolute atomic E-state index is 0.0417. The van der Waals surface area contributed by atoms with Crippen molar-refractivity contribution < 1.29 is 9.90 Å². The first-order valence-electron chi connectivity index (χ1n) is 6.65. The fraction of sp³-hybridized carbons (Fsp3) is 0.250. The molecule has 0 aliphatic rings. The zero-order valence-corrected chi connectivity index (χ0v) is 12.3. The van der Waals surface area contributed by atoms with Crippen LogP contribution in [0.1, 0.15) is 36.8 Å². The smallest absolute Gasteiger partial charge is 0.354 e. The van der Waals surface area contributed by atoms with Gasteiger partial charge in [0.2, 0.25) is 0 Å². The molecule has 110 valence electrons. The van der Waals surface area contributed by atoms with Crippen LogP contribution in [0.4, 0.5) is 17.2 Å². The van der Waals surface area contributed by atoms with Crippen LogP contribution in [0, 0.1) is 0 Å². The SMILES string of the molecule is CC(C)(C)c1ccccc1Nc1nc(C(=O)O)ccc1N. The Bertz CT molecular complexity index is 675. The number of pyridine rings is 1. The summed E-state index contributed by atoms with van der Waals surface area (Å²) in [5, 5.41) is 12.2. The number of carboxylic acids is 1. The average Bonchev–Trinajstić information content (AvgIpc) is 2.40. The van der Waals surface area contributed by atoms with Gasteiger partial charge in [0.25, 0.3) is 0 Å². The van der Waals surface area contributed by atoms with Crippen LogP contribution >= 0.6 is 0 Å². The molecule has 5 heteroatoms. The molecule has 0 saturated heterocycles. The van der Waals surface area contributed by atoms with Crippen LogP contribution in [0.3, 0.4) is 0 Å². The number of nitrogens with two attached hydrogens (primary N) is 1. The molecule has 1 aromatic carbocycles. The zero-order chi connectivity index (χ0) is 15.6. The Labute approximate surface area is 123 Å². The molecule has 0 atom stereocenters. The van der Waals surface area contributed by atoms with Gasteiger partial charge in [0.15, 0.2) is 11.5 Å². The maximum absolute atomic E-state index is 11.0. The van der Waals surface area contributed by atoms with Crippen molar-refractivity contribution in [3.05, 3.63) is 47.7 Å². The van der Waals surface area contributed by atoms with Crippen LogP contribution in [0.5, 0.6) is 0 Å². The lowest BCUT2D eigenvalue weighted by Crippen LogP contribution is -2.14. The number of hydrogen-bond acceptors (Lipinski definition) is 4. The van der Waals surface area contributed by atoms with E-state index in [-0.39, 0.29) is 11.1 Å². The van der Waals surface area contributed by atoms with E-state index in [4.69, 9.17) is 10.8 Å². The van der Waals surface area contributed by atoms with Gasteiger partial charge in [-0.25, -0.2) is 9.78 Å². The van der Waals surface area contributed by atoms with E-state index in [0.29, 0.717) is 11.5 Å². The second-order valence-electron chi connectivity index (χ2n) is 5.86. The molecule has 0 unspecified atom stereocenters. The molecule has 5 nitrogen and oxygen atoms in total. The van der Waals surface area contributed by atoms with E-state index in [1.54, 1.807) is 6.07 Å². The number of aromatic nitrogens is 1. The maximum Gasteiger partial charge on any atom is 0.354 e. The fourth-order valence-electron chi connectivity index (χ4n) is 2.06.